The van der Waals surface area contributed by atoms with E-state index in [0.29, 0.717) is 0 Å². The van der Waals surface area contributed by atoms with E-state index in [1.165, 1.54) is 12.5 Å². The van der Waals surface area contributed by atoms with Crippen molar-refractivity contribution in [2.24, 2.45) is 5.73 Å². The Morgan fingerprint density at radius 2 is 2.08 bits per heavy atom. The van der Waals surface area contributed by atoms with Gasteiger partial charge in [0.05, 0.1) is 0 Å². The minimum atomic E-state index is -1.27. The molecule has 0 aliphatic rings. The lowest BCUT2D eigenvalue weighted by atomic mass is 10.5. The van der Waals surface area contributed by atoms with Crippen LogP contribution in [-0.2, 0) is 4.12 Å². The van der Waals surface area contributed by atoms with Crippen molar-refractivity contribution in [1.29, 1.82) is 0 Å². The molecule has 0 saturated carbocycles. The van der Waals surface area contributed by atoms with Crippen LogP contribution in [0.2, 0.25) is 25.7 Å². The fourth-order valence-electron chi connectivity index (χ4n) is 1.33. The number of nitrogens with two attached hydrogens (primary N) is 1. The maximum absolute atomic E-state index is 5.86. The van der Waals surface area contributed by atoms with E-state index in [0.717, 1.165) is 19.6 Å². The van der Waals surface area contributed by atoms with Crippen LogP contribution in [0.1, 0.15) is 6.42 Å². The number of rotatable bonds is 8. The highest BCUT2D eigenvalue weighted by Gasteiger charge is 2.19. The Hall–Kier alpha value is 0.314. The molecule has 0 radical (unpaired) electrons. The van der Waals surface area contributed by atoms with Gasteiger partial charge in [-0.25, -0.2) is 0 Å². The molecule has 0 aliphatic carbocycles. The molecule has 0 amide bonds. The van der Waals surface area contributed by atoms with E-state index in [1.54, 1.807) is 0 Å². The lowest BCUT2D eigenvalue weighted by Gasteiger charge is -2.22. The number of nitrogens with one attached hydrogen (secondary N) is 1. The van der Waals surface area contributed by atoms with Gasteiger partial charge in [-0.1, -0.05) is 6.55 Å². The largest absolute Gasteiger partial charge is 0.461 e. The van der Waals surface area contributed by atoms with Crippen molar-refractivity contribution in [3.05, 3.63) is 0 Å². The third-order valence-corrected chi connectivity index (χ3v) is 7.83. The first-order chi connectivity index (χ1) is 6.12. The molecule has 0 aliphatic heterocycles. The highest BCUT2D eigenvalue weighted by molar-refractivity contribution is 6.74. The first kappa shape index (κ1) is 13.3. The quantitative estimate of drug-likeness (QED) is 0.456. The molecule has 0 saturated heterocycles. The standard InChI is InChI=1S/C8H24N2OSi2/c1-12-11-13(2,3)8-4-6-10-7-5-9/h10H,4-9,12H2,1-3H3. The molecule has 80 valence electrons. The van der Waals surface area contributed by atoms with Crippen LogP contribution >= 0.6 is 0 Å². The molecule has 0 heterocycles. The molecule has 0 aromatic heterocycles. The Kier molecular flexibility index (Phi) is 7.88. The van der Waals surface area contributed by atoms with Gasteiger partial charge in [0.2, 0.25) is 0 Å². The summed E-state index contributed by atoms with van der Waals surface area (Å²) in [5.74, 6) is 0. The van der Waals surface area contributed by atoms with Gasteiger partial charge < -0.3 is 15.2 Å². The minimum Gasteiger partial charge on any atom is -0.461 e. The zero-order valence-electron chi connectivity index (χ0n) is 9.23. The summed E-state index contributed by atoms with van der Waals surface area (Å²) in [5, 5.41) is 3.30. The molecule has 0 atom stereocenters. The van der Waals surface area contributed by atoms with E-state index >= 15 is 0 Å². The maximum atomic E-state index is 5.86. The molecule has 0 rings (SSSR count). The van der Waals surface area contributed by atoms with Crippen LogP contribution in [0.3, 0.4) is 0 Å². The Labute approximate surface area is 85.5 Å². The second-order valence-corrected chi connectivity index (χ2v) is 9.59. The van der Waals surface area contributed by atoms with Crippen molar-refractivity contribution < 1.29 is 4.12 Å². The molecule has 0 bridgehead atoms. The third-order valence-electron chi connectivity index (χ3n) is 1.99. The van der Waals surface area contributed by atoms with E-state index in [2.05, 4.69) is 25.0 Å². The van der Waals surface area contributed by atoms with Gasteiger partial charge >= 0.3 is 0 Å². The maximum Gasteiger partial charge on any atom is 0.173 e. The van der Waals surface area contributed by atoms with Gasteiger partial charge in [-0.2, -0.15) is 0 Å². The average Bonchev–Trinajstić information content (AvgIpc) is 2.04. The van der Waals surface area contributed by atoms with Gasteiger partial charge in [0.1, 0.15) is 9.76 Å². The summed E-state index contributed by atoms with van der Waals surface area (Å²) in [6, 6.07) is 1.27. The normalized spacial score (nSPS) is 12.9. The Morgan fingerprint density at radius 1 is 1.38 bits per heavy atom. The number of hydrogen-bond donors (Lipinski definition) is 2. The van der Waals surface area contributed by atoms with Crippen LogP contribution in [0, 0.1) is 0 Å². The Bertz CT molecular complexity index is 123. The lowest BCUT2D eigenvalue weighted by molar-refractivity contribution is 0.577. The molecule has 0 aromatic rings. The average molecular weight is 220 g/mol. The second-order valence-electron chi connectivity index (χ2n) is 3.83. The van der Waals surface area contributed by atoms with E-state index < -0.39 is 8.32 Å². The second kappa shape index (κ2) is 7.69. The van der Waals surface area contributed by atoms with E-state index in [9.17, 15) is 0 Å². The molecule has 13 heavy (non-hydrogen) atoms. The van der Waals surface area contributed by atoms with Crippen molar-refractivity contribution in [3.8, 4) is 0 Å². The zero-order chi connectivity index (χ0) is 10.2. The fourth-order valence-corrected chi connectivity index (χ4v) is 6.06. The molecule has 0 spiro atoms. The smallest absolute Gasteiger partial charge is 0.173 e. The summed E-state index contributed by atoms with van der Waals surface area (Å²) in [6.45, 7) is 9.59. The number of hydrogen-bond acceptors (Lipinski definition) is 3. The van der Waals surface area contributed by atoms with Gasteiger partial charge in [-0.05, 0) is 32.1 Å². The molecule has 0 aromatic carbocycles. The van der Waals surface area contributed by atoms with Gasteiger partial charge in [0, 0.05) is 13.1 Å². The molecular formula is C8H24N2OSi2. The molecule has 0 unspecified atom stereocenters. The summed E-state index contributed by atoms with van der Waals surface area (Å²) < 4.78 is 5.86. The Balaban J connectivity index is 3.29. The Morgan fingerprint density at radius 3 is 2.62 bits per heavy atom. The molecule has 3 N–H and O–H groups in total. The summed E-state index contributed by atoms with van der Waals surface area (Å²) in [4.78, 5) is 0. The van der Waals surface area contributed by atoms with E-state index in [-0.39, 0.29) is 9.76 Å². The van der Waals surface area contributed by atoms with Gasteiger partial charge in [-0.15, -0.1) is 0 Å². The first-order valence-electron chi connectivity index (χ1n) is 5.17. The van der Waals surface area contributed by atoms with Crippen LogP contribution in [-0.4, -0.2) is 37.7 Å². The predicted octanol–water partition coefficient (Wildman–Crippen LogP) is 0.278. The summed E-state index contributed by atoms with van der Waals surface area (Å²) in [7, 11) is -1.49. The molecule has 5 heteroatoms. The molecule has 3 nitrogen and oxygen atoms in total. The van der Waals surface area contributed by atoms with Crippen molar-refractivity contribution in [2.75, 3.05) is 19.6 Å². The van der Waals surface area contributed by atoms with Crippen molar-refractivity contribution >= 4 is 18.1 Å². The third kappa shape index (κ3) is 8.64. The van der Waals surface area contributed by atoms with Gasteiger partial charge in [0.15, 0.2) is 8.32 Å². The van der Waals surface area contributed by atoms with Crippen LogP contribution < -0.4 is 11.1 Å². The molecule has 0 fully saturated rings. The van der Waals surface area contributed by atoms with Gasteiger partial charge in [0.25, 0.3) is 0 Å². The van der Waals surface area contributed by atoms with Crippen LogP contribution in [0.15, 0.2) is 0 Å². The predicted molar refractivity (Wildman–Crippen MR) is 64.3 cm³/mol. The van der Waals surface area contributed by atoms with Crippen LogP contribution in [0.5, 0.6) is 0 Å². The van der Waals surface area contributed by atoms with Crippen molar-refractivity contribution in [2.45, 2.75) is 32.1 Å². The SMILES string of the molecule is C[SiH2]O[Si](C)(C)CCCNCCN. The topological polar surface area (TPSA) is 47.3 Å². The van der Waals surface area contributed by atoms with Crippen LogP contribution in [0.25, 0.3) is 0 Å². The summed E-state index contributed by atoms with van der Waals surface area (Å²) >= 11 is 0. The van der Waals surface area contributed by atoms with Gasteiger partial charge in [-0.3, -0.25) is 0 Å². The highest BCUT2D eigenvalue weighted by Crippen LogP contribution is 2.11. The molecular weight excluding hydrogens is 196 g/mol. The van der Waals surface area contributed by atoms with Crippen molar-refractivity contribution in [3.63, 3.8) is 0 Å². The monoisotopic (exact) mass is 220 g/mol. The lowest BCUT2D eigenvalue weighted by Crippen LogP contribution is -2.32. The summed E-state index contributed by atoms with van der Waals surface area (Å²) in [6.07, 6.45) is 1.23. The first-order valence-corrected chi connectivity index (χ1v) is 10.3. The van der Waals surface area contributed by atoms with E-state index in [1.807, 2.05) is 0 Å². The van der Waals surface area contributed by atoms with Crippen LogP contribution in [0.4, 0.5) is 0 Å². The fraction of sp³-hybridized carbons (Fsp3) is 1.00. The minimum absolute atomic E-state index is 0.213. The highest BCUT2D eigenvalue weighted by atomic mass is 28.4. The zero-order valence-corrected chi connectivity index (χ0v) is 11.6. The summed E-state index contributed by atoms with van der Waals surface area (Å²) in [5.41, 5.74) is 5.37. The van der Waals surface area contributed by atoms with E-state index in [4.69, 9.17) is 9.85 Å². The van der Waals surface area contributed by atoms with Crippen molar-refractivity contribution in [1.82, 2.24) is 5.32 Å².